The number of aromatic nitrogens is 1. The van der Waals surface area contributed by atoms with Crippen LogP contribution in [0, 0.1) is 0 Å². The molecule has 1 heterocycles. The lowest BCUT2D eigenvalue weighted by Gasteiger charge is -2.10. The first-order valence-electron chi connectivity index (χ1n) is 7.61. The van der Waals surface area contributed by atoms with Crippen LogP contribution in [0.3, 0.4) is 0 Å². The normalized spacial score (nSPS) is 12.0. The van der Waals surface area contributed by atoms with Crippen LogP contribution in [0.15, 0.2) is 66.9 Å². The quantitative estimate of drug-likeness (QED) is 0.654. The molecule has 1 aromatic heterocycles. The third-order valence-electron chi connectivity index (χ3n) is 3.75. The molecule has 0 unspecified atom stereocenters. The highest BCUT2D eigenvalue weighted by atomic mass is 19.4. The average Bonchev–Trinajstić information content (AvgIpc) is 2.97. The van der Waals surface area contributed by atoms with E-state index in [1.54, 1.807) is 29.8 Å². The van der Waals surface area contributed by atoms with E-state index in [9.17, 15) is 18.0 Å². The summed E-state index contributed by atoms with van der Waals surface area (Å²) in [5.74, 6) is -0.218. The van der Waals surface area contributed by atoms with Crippen molar-refractivity contribution in [2.75, 3.05) is 5.32 Å². The summed E-state index contributed by atoms with van der Waals surface area (Å²) in [5, 5.41) is 3.62. The van der Waals surface area contributed by atoms with Gasteiger partial charge in [0.2, 0.25) is 5.91 Å². The number of anilines is 1. The van der Waals surface area contributed by atoms with Crippen molar-refractivity contribution in [1.29, 1.82) is 0 Å². The average molecular weight is 344 g/mol. The molecule has 0 spiro atoms. The van der Waals surface area contributed by atoms with Crippen molar-refractivity contribution in [3.05, 3.63) is 72.4 Å². The van der Waals surface area contributed by atoms with Gasteiger partial charge in [-0.05, 0) is 61.5 Å². The van der Waals surface area contributed by atoms with Gasteiger partial charge in [0.25, 0.3) is 0 Å². The van der Waals surface area contributed by atoms with Gasteiger partial charge in [-0.15, -0.1) is 0 Å². The smallest absolute Gasteiger partial charge is 0.322 e. The molecule has 1 N–H and O–H groups in total. The van der Waals surface area contributed by atoms with Crippen molar-refractivity contribution in [3.63, 3.8) is 0 Å². The molecule has 0 aliphatic heterocycles. The van der Waals surface area contributed by atoms with E-state index in [1.165, 1.54) is 18.2 Å². The van der Waals surface area contributed by atoms with Gasteiger partial charge in [0.05, 0.1) is 11.1 Å². The Balaban J connectivity index is 1.92. The highest BCUT2D eigenvalue weighted by molar-refractivity contribution is 6.00. The van der Waals surface area contributed by atoms with Crippen LogP contribution < -0.4 is 5.32 Å². The number of hydrogen-bond donors (Lipinski definition) is 1. The summed E-state index contributed by atoms with van der Waals surface area (Å²) < 4.78 is 39.8. The van der Waals surface area contributed by atoms with E-state index < -0.39 is 11.7 Å². The molecule has 0 radical (unpaired) electrons. The Morgan fingerprint density at radius 3 is 2.44 bits per heavy atom. The summed E-state index contributed by atoms with van der Waals surface area (Å²) in [6, 6.07) is 12.2. The molecule has 128 valence electrons. The van der Waals surface area contributed by atoms with E-state index in [4.69, 9.17) is 0 Å². The van der Waals surface area contributed by atoms with Crippen molar-refractivity contribution in [2.24, 2.45) is 0 Å². The standard InChI is InChI=1S/C19H15F3N2O/c1-2-3-18(25)23-15-6-9-17-13(12-15)10-11-24(17)16-7-4-14(5-8-16)19(20,21)22/h2-12H,1H3,(H,23,25)/b3-2+. The van der Waals surface area contributed by atoms with Crippen molar-refractivity contribution >= 4 is 22.5 Å². The molecule has 0 aliphatic carbocycles. The molecule has 0 aliphatic rings. The van der Waals surface area contributed by atoms with Gasteiger partial charge in [0.1, 0.15) is 0 Å². The fraction of sp³-hybridized carbons (Fsp3) is 0.105. The predicted molar refractivity (Wildman–Crippen MR) is 91.7 cm³/mol. The molecular weight excluding hydrogens is 329 g/mol. The number of benzene rings is 2. The van der Waals surface area contributed by atoms with Crippen LogP contribution in [0.4, 0.5) is 18.9 Å². The third kappa shape index (κ3) is 3.57. The van der Waals surface area contributed by atoms with Gasteiger partial charge in [0, 0.05) is 23.0 Å². The SMILES string of the molecule is C/C=C/C(=O)Nc1ccc2c(ccn2-c2ccc(C(F)(F)F)cc2)c1. The Morgan fingerprint density at radius 1 is 1.08 bits per heavy atom. The maximum atomic E-state index is 12.7. The molecule has 3 aromatic rings. The van der Waals surface area contributed by atoms with E-state index in [1.807, 2.05) is 18.2 Å². The maximum Gasteiger partial charge on any atom is 0.416 e. The Morgan fingerprint density at radius 2 is 1.80 bits per heavy atom. The number of halogens is 3. The molecule has 0 atom stereocenters. The number of carbonyl (C=O) groups excluding carboxylic acids is 1. The largest absolute Gasteiger partial charge is 0.416 e. The zero-order valence-corrected chi connectivity index (χ0v) is 13.3. The zero-order chi connectivity index (χ0) is 18.0. The molecule has 1 amide bonds. The van der Waals surface area contributed by atoms with Gasteiger partial charge < -0.3 is 9.88 Å². The van der Waals surface area contributed by atoms with E-state index in [0.29, 0.717) is 11.4 Å². The van der Waals surface area contributed by atoms with Crippen LogP contribution in [0.2, 0.25) is 0 Å². The molecule has 0 bridgehead atoms. The molecule has 3 rings (SSSR count). The van der Waals surface area contributed by atoms with Gasteiger partial charge in [-0.3, -0.25) is 4.79 Å². The van der Waals surface area contributed by atoms with Crippen LogP contribution in [0.5, 0.6) is 0 Å². The lowest BCUT2D eigenvalue weighted by Crippen LogP contribution is -2.07. The summed E-state index contributed by atoms with van der Waals surface area (Å²) in [6.45, 7) is 1.76. The highest BCUT2D eigenvalue weighted by Gasteiger charge is 2.30. The van der Waals surface area contributed by atoms with Gasteiger partial charge >= 0.3 is 6.18 Å². The number of amides is 1. The van der Waals surface area contributed by atoms with E-state index in [-0.39, 0.29) is 5.91 Å². The van der Waals surface area contributed by atoms with Crippen LogP contribution in [-0.2, 0) is 11.0 Å². The minimum Gasteiger partial charge on any atom is -0.322 e. The molecule has 0 saturated carbocycles. The fourth-order valence-corrected chi connectivity index (χ4v) is 2.59. The Bertz CT molecular complexity index is 937. The minimum atomic E-state index is -4.35. The summed E-state index contributed by atoms with van der Waals surface area (Å²) in [5.41, 5.74) is 1.44. The first kappa shape index (κ1) is 16.8. The second kappa shape index (κ2) is 6.47. The number of nitrogens with zero attached hydrogens (tertiary/aromatic N) is 1. The summed E-state index contributed by atoms with van der Waals surface area (Å²) in [7, 11) is 0. The number of nitrogens with one attached hydrogen (secondary N) is 1. The van der Waals surface area contributed by atoms with Gasteiger partial charge in [-0.25, -0.2) is 0 Å². The monoisotopic (exact) mass is 344 g/mol. The fourth-order valence-electron chi connectivity index (χ4n) is 2.59. The summed E-state index contributed by atoms with van der Waals surface area (Å²) in [6.07, 6.45) is 0.509. The first-order valence-corrected chi connectivity index (χ1v) is 7.61. The Labute approximate surface area is 142 Å². The Kier molecular flexibility index (Phi) is 4.35. The zero-order valence-electron chi connectivity index (χ0n) is 13.3. The lowest BCUT2D eigenvalue weighted by atomic mass is 10.2. The van der Waals surface area contributed by atoms with Crippen molar-refractivity contribution in [1.82, 2.24) is 4.57 Å². The predicted octanol–water partition coefficient (Wildman–Crippen LogP) is 5.16. The summed E-state index contributed by atoms with van der Waals surface area (Å²) >= 11 is 0. The van der Waals surface area contributed by atoms with Crippen molar-refractivity contribution in [2.45, 2.75) is 13.1 Å². The Hall–Kier alpha value is -3.02. The summed E-state index contributed by atoms with van der Waals surface area (Å²) in [4.78, 5) is 11.6. The number of carbonyl (C=O) groups is 1. The van der Waals surface area contributed by atoms with Gasteiger partial charge in [0.15, 0.2) is 0 Å². The molecule has 25 heavy (non-hydrogen) atoms. The van der Waals surface area contributed by atoms with Crippen LogP contribution in [0.25, 0.3) is 16.6 Å². The third-order valence-corrected chi connectivity index (χ3v) is 3.75. The molecular formula is C19H15F3N2O. The molecule has 6 heteroatoms. The second-order valence-corrected chi connectivity index (χ2v) is 5.49. The topological polar surface area (TPSA) is 34.0 Å². The molecule has 2 aromatic carbocycles. The number of fused-ring (bicyclic) bond motifs is 1. The van der Waals surface area contributed by atoms with Gasteiger partial charge in [-0.1, -0.05) is 6.08 Å². The van der Waals surface area contributed by atoms with Crippen molar-refractivity contribution < 1.29 is 18.0 Å². The van der Waals surface area contributed by atoms with Crippen molar-refractivity contribution in [3.8, 4) is 5.69 Å². The molecule has 0 saturated heterocycles. The van der Waals surface area contributed by atoms with Crippen LogP contribution in [0.1, 0.15) is 12.5 Å². The van der Waals surface area contributed by atoms with Crippen LogP contribution >= 0.6 is 0 Å². The minimum absolute atomic E-state index is 0.218. The highest BCUT2D eigenvalue weighted by Crippen LogP contribution is 2.30. The van der Waals surface area contributed by atoms with Gasteiger partial charge in [-0.2, -0.15) is 13.2 Å². The van der Waals surface area contributed by atoms with E-state index >= 15 is 0 Å². The molecule has 0 fully saturated rings. The van der Waals surface area contributed by atoms with E-state index in [2.05, 4.69) is 5.32 Å². The molecule has 3 nitrogen and oxygen atoms in total. The number of hydrogen-bond acceptors (Lipinski definition) is 1. The lowest BCUT2D eigenvalue weighted by molar-refractivity contribution is -0.137. The number of rotatable bonds is 3. The van der Waals surface area contributed by atoms with E-state index in [0.717, 1.165) is 23.0 Å². The number of alkyl halides is 3. The van der Waals surface area contributed by atoms with Crippen LogP contribution in [-0.4, -0.2) is 10.5 Å². The second-order valence-electron chi connectivity index (χ2n) is 5.49. The maximum absolute atomic E-state index is 12.7. The number of allylic oxidation sites excluding steroid dienone is 1. The first-order chi connectivity index (χ1) is 11.9.